The molecule has 1 heterocycles. The van der Waals surface area contributed by atoms with E-state index in [-0.39, 0.29) is 16.7 Å². The minimum Gasteiger partial charge on any atom is -0.478 e. The maximum atomic E-state index is 12.5. The molecule has 2 N–H and O–H groups in total. The largest absolute Gasteiger partial charge is 0.478 e. The topological polar surface area (TPSA) is 112 Å². The Bertz CT molecular complexity index is 943. The van der Waals surface area contributed by atoms with Crippen LogP contribution >= 0.6 is 0 Å². The van der Waals surface area contributed by atoms with Gasteiger partial charge in [0.05, 0.1) is 22.4 Å². The van der Waals surface area contributed by atoms with Crippen LogP contribution in [0, 0.1) is 0 Å². The molecule has 0 aliphatic carbocycles. The first-order chi connectivity index (χ1) is 11.9. The lowest BCUT2D eigenvalue weighted by atomic mass is 10.1. The van der Waals surface area contributed by atoms with Crippen molar-refractivity contribution in [2.75, 3.05) is 4.90 Å². The number of anilines is 1. The van der Waals surface area contributed by atoms with Gasteiger partial charge in [-0.2, -0.15) is 0 Å². The summed E-state index contributed by atoms with van der Waals surface area (Å²) in [6, 6.07) is 9.95. The van der Waals surface area contributed by atoms with Crippen LogP contribution in [0.25, 0.3) is 6.08 Å². The summed E-state index contributed by atoms with van der Waals surface area (Å²) >= 11 is 0. The van der Waals surface area contributed by atoms with Crippen LogP contribution < -0.4 is 4.90 Å². The van der Waals surface area contributed by atoms with Crippen molar-refractivity contribution in [2.45, 2.75) is 0 Å². The van der Waals surface area contributed by atoms with Gasteiger partial charge in [-0.05, 0) is 42.0 Å². The number of carboxylic acid groups (broad SMARTS) is 2. The van der Waals surface area contributed by atoms with Crippen molar-refractivity contribution in [2.24, 2.45) is 0 Å². The molecule has 0 unspecified atom stereocenters. The highest BCUT2D eigenvalue weighted by molar-refractivity contribution is 6.34. The summed E-state index contributed by atoms with van der Waals surface area (Å²) in [5.74, 6) is -3.41. The fraction of sp³-hybridized carbons (Fsp3) is 0. The first kappa shape index (κ1) is 16.1. The van der Waals surface area contributed by atoms with E-state index < -0.39 is 23.8 Å². The summed E-state index contributed by atoms with van der Waals surface area (Å²) in [6.07, 6.45) is 2.36. The van der Waals surface area contributed by atoms with Gasteiger partial charge in [0.2, 0.25) is 0 Å². The average Bonchev–Trinajstić information content (AvgIpc) is 2.84. The Balaban J connectivity index is 1.94. The third-order valence-corrected chi connectivity index (χ3v) is 3.70. The number of benzene rings is 2. The predicted octanol–water partition coefficient (Wildman–Crippen LogP) is 2.28. The van der Waals surface area contributed by atoms with Crippen LogP contribution in [0.1, 0.15) is 36.6 Å². The summed E-state index contributed by atoms with van der Waals surface area (Å²) in [7, 11) is 0. The first-order valence-corrected chi connectivity index (χ1v) is 7.15. The zero-order chi connectivity index (χ0) is 18.1. The molecular formula is C18H11NO6. The van der Waals surface area contributed by atoms with Gasteiger partial charge in [-0.3, -0.25) is 9.59 Å². The third kappa shape index (κ3) is 2.90. The predicted molar refractivity (Wildman–Crippen MR) is 87.7 cm³/mol. The molecule has 0 atom stereocenters. The Morgan fingerprint density at radius 2 is 1.52 bits per heavy atom. The quantitative estimate of drug-likeness (QED) is 0.654. The van der Waals surface area contributed by atoms with Crippen molar-refractivity contribution in [1.29, 1.82) is 0 Å². The van der Waals surface area contributed by atoms with Crippen LogP contribution in [0.15, 0.2) is 48.5 Å². The van der Waals surface area contributed by atoms with Crippen molar-refractivity contribution in [3.63, 3.8) is 0 Å². The van der Waals surface area contributed by atoms with Gasteiger partial charge in [0, 0.05) is 6.08 Å². The number of carboxylic acids is 2. The fourth-order valence-corrected chi connectivity index (χ4v) is 2.51. The van der Waals surface area contributed by atoms with Crippen LogP contribution in [0.4, 0.5) is 5.69 Å². The first-order valence-electron chi connectivity index (χ1n) is 7.15. The minimum absolute atomic E-state index is 0.0414. The molecule has 2 aromatic carbocycles. The molecule has 1 aliphatic heterocycles. The molecule has 124 valence electrons. The highest BCUT2D eigenvalue weighted by atomic mass is 16.4. The van der Waals surface area contributed by atoms with Gasteiger partial charge < -0.3 is 10.2 Å². The summed E-state index contributed by atoms with van der Waals surface area (Å²) in [4.78, 5) is 47.5. The number of amides is 2. The molecule has 1 aliphatic rings. The van der Waals surface area contributed by atoms with Crippen LogP contribution in [0.2, 0.25) is 0 Å². The molecule has 25 heavy (non-hydrogen) atoms. The number of fused-ring (bicyclic) bond motifs is 1. The number of nitrogens with zero attached hydrogens (tertiary/aromatic N) is 1. The molecule has 0 radical (unpaired) electrons. The number of carbonyl (C=O) groups excluding carboxylic acids is 2. The number of hydrogen-bond donors (Lipinski definition) is 2. The summed E-state index contributed by atoms with van der Waals surface area (Å²) in [6.45, 7) is 0. The standard InChI is InChI=1S/C18H11NO6/c20-15(21)8-3-10-1-5-12(6-2-10)19-16(22)13-7-4-11(18(24)25)9-14(13)17(19)23/h1-9H,(H,20,21)(H,24,25). The zero-order valence-corrected chi connectivity index (χ0v) is 12.7. The molecule has 0 saturated carbocycles. The molecule has 0 spiro atoms. The smallest absolute Gasteiger partial charge is 0.335 e. The van der Waals surface area contributed by atoms with E-state index in [4.69, 9.17) is 10.2 Å². The summed E-state index contributed by atoms with van der Waals surface area (Å²) in [5, 5.41) is 17.6. The second-order valence-electron chi connectivity index (χ2n) is 5.27. The third-order valence-electron chi connectivity index (χ3n) is 3.70. The van der Waals surface area contributed by atoms with Crippen molar-refractivity contribution in [1.82, 2.24) is 0 Å². The van der Waals surface area contributed by atoms with Gasteiger partial charge in [0.15, 0.2) is 0 Å². The van der Waals surface area contributed by atoms with Crippen molar-refractivity contribution in [3.8, 4) is 0 Å². The highest BCUT2D eigenvalue weighted by Gasteiger charge is 2.37. The average molecular weight is 337 g/mol. The highest BCUT2D eigenvalue weighted by Crippen LogP contribution is 2.29. The van der Waals surface area contributed by atoms with E-state index in [1.165, 1.54) is 36.4 Å². The lowest BCUT2D eigenvalue weighted by Crippen LogP contribution is -2.29. The van der Waals surface area contributed by atoms with Crippen LogP contribution in [0.5, 0.6) is 0 Å². The molecule has 7 heteroatoms. The van der Waals surface area contributed by atoms with E-state index in [1.54, 1.807) is 12.1 Å². The van der Waals surface area contributed by atoms with Gasteiger partial charge in [0.1, 0.15) is 0 Å². The number of carbonyl (C=O) groups is 4. The summed E-state index contributed by atoms with van der Waals surface area (Å²) in [5.41, 5.74) is 1.02. The van der Waals surface area contributed by atoms with Crippen molar-refractivity contribution >= 4 is 35.5 Å². The lowest BCUT2D eigenvalue weighted by Gasteiger charge is -2.13. The Hall–Kier alpha value is -3.74. The minimum atomic E-state index is -1.18. The van der Waals surface area contributed by atoms with E-state index in [0.717, 1.165) is 11.0 Å². The van der Waals surface area contributed by atoms with E-state index in [9.17, 15) is 19.2 Å². The van der Waals surface area contributed by atoms with E-state index >= 15 is 0 Å². The molecular weight excluding hydrogens is 326 g/mol. The lowest BCUT2D eigenvalue weighted by molar-refractivity contribution is -0.131. The fourth-order valence-electron chi connectivity index (χ4n) is 2.51. The van der Waals surface area contributed by atoms with Crippen LogP contribution in [-0.2, 0) is 4.79 Å². The van der Waals surface area contributed by atoms with Gasteiger partial charge in [-0.25, -0.2) is 14.5 Å². The Labute approximate surface area is 141 Å². The second-order valence-corrected chi connectivity index (χ2v) is 5.27. The van der Waals surface area contributed by atoms with Gasteiger partial charge >= 0.3 is 11.9 Å². The maximum Gasteiger partial charge on any atom is 0.335 e. The molecule has 0 aromatic heterocycles. The Morgan fingerprint density at radius 1 is 0.880 bits per heavy atom. The number of hydrogen-bond acceptors (Lipinski definition) is 4. The monoisotopic (exact) mass is 337 g/mol. The number of aliphatic carboxylic acids is 1. The molecule has 2 aromatic rings. The van der Waals surface area contributed by atoms with Gasteiger partial charge in [0.25, 0.3) is 11.8 Å². The maximum absolute atomic E-state index is 12.5. The molecule has 0 bridgehead atoms. The molecule has 2 amide bonds. The second kappa shape index (κ2) is 6.04. The Kier molecular flexibility index (Phi) is 3.90. The SMILES string of the molecule is O=C(O)C=Cc1ccc(N2C(=O)c3ccc(C(=O)O)cc3C2=O)cc1. The molecule has 7 nitrogen and oxygen atoms in total. The molecule has 3 rings (SSSR count). The molecule has 0 fully saturated rings. The number of aromatic carboxylic acids is 1. The zero-order valence-electron chi connectivity index (χ0n) is 12.7. The number of imide groups is 1. The van der Waals surface area contributed by atoms with Gasteiger partial charge in [-0.1, -0.05) is 12.1 Å². The summed E-state index contributed by atoms with van der Waals surface area (Å²) < 4.78 is 0. The van der Waals surface area contributed by atoms with E-state index in [2.05, 4.69) is 0 Å². The van der Waals surface area contributed by atoms with E-state index in [1.807, 2.05) is 0 Å². The Morgan fingerprint density at radius 3 is 2.12 bits per heavy atom. The van der Waals surface area contributed by atoms with Gasteiger partial charge in [-0.15, -0.1) is 0 Å². The van der Waals surface area contributed by atoms with E-state index in [0.29, 0.717) is 11.3 Å². The van der Waals surface area contributed by atoms with Crippen molar-refractivity contribution < 1.29 is 29.4 Å². The van der Waals surface area contributed by atoms with Crippen LogP contribution in [0.3, 0.4) is 0 Å². The number of rotatable bonds is 4. The molecule has 0 saturated heterocycles. The van der Waals surface area contributed by atoms with Crippen LogP contribution in [-0.4, -0.2) is 34.0 Å². The van der Waals surface area contributed by atoms with Crippen molar-refractivity contribution in [3.05, 3.63) is 70.8 Å². The normalized spacial score (nSPS) is 13.4.